The van der Waals surface area contributed by atoms with Gasteiger partial charge in [-0.2, -0.15) is 0 Å². The van der Waals surface area contributed by atoms with Crippen LogP contribution in [-0.2, 0) is 14.3 Å². The molecule has 0 radical (unpaired) electrons. The molecular formula is C77H145NO5. The summed E-state index contributed by atoms with van der Waals surface area (Å²) in [5.74, 6) is -0.0604. The molecule has 1 amide bonds. The fourth-order valence-corrected chi connectivity index (χ4v) is 11.6. The van der Waals surface area contributed by atoms with Gasteiger partial charge in [0.05, 0.1) is 25.4 Å². The van der Waals surface area contributed by atoms with E-state index in [4.69, 9.17) is 4.74 Å². The Labute approximate surface area is 518 Å². The third kappa shape index (κ3) is 68.8. The van der Waals surface area contributed by atoms with Gasteiger partial charge in [0.15, 0.2) is 0 Å². The first-order valence-electron chi connectivity index (χ1n) is 37.4. The minimum atomic E-state index is -0.846. The Balaban J connectivity index is 3.43. The second kappa shape index (κ2) is 72.3. The van der Waals surface area contributed by atoms with E-state index in [0.717, 1.165) is 51.4 Å². The molecule has 0 aliphatic carbocycles. The van der Waals surface area contributed by atoms with E-state index in [1.54, 1.807) is 6.08 Å². The highest BCUT2D eigenvalue weighted by Crippen LogP contribution is 2.19. The lowest BCUT2D eigenvalue weighted by molar-refractivity contribution is -0.143. The molecule has 0 aromatic heterocycles. The van der Waals surface area contributed by atoms with E-state index in [9.17, 15) is 19.8 Å². The molecule has 3 N–H and O–H groups in total. The normalized spacial score (nSPS) is 12.8. The molecule has 2 unspecified atom stereocenters. The van der Waals surface area contributed by atoms with Gasteiger partial charge in [0.2, 0.25) is 5.91 Å². The summed E-state index contributed by atoms with van der Waals surface area (Å²) in [6, 6.07) is -0.629. The quantitative estimate of drug-likeness (QED) is 0.0320. The van der Waals surface area contributed by atoms with Gasteiger partial charge in [0.25, 0.3) is 0 Å². The van der Waals surface area contributed by atoms with Crippen molar-refractivity contribution in [2.45, 2.75) is 418 Å². The number of hydrogen-bond acceptors (Lipinski definition) is 5. The maximum Gasteiger partial charge on any atom is 0.305 e. The van der Waals surface area contributed by atoms with Gasteiger partial charge >= 0.3 is 5.97 Å². The fraction of sp³-hybridized carbons (Fsp3) is 0.870. The van der Waals surface area contributed by atoms with Crippen LogP contribution in [0.5, 0.6) is 0 Å². The van der Waals surface area contributed by atoms with Gasteiger partial charge in [-0.05, 0) is 89.9 Å². The summed E-state index contributed by atoms with van der Waals surface area (Å²) in [6.07, 6.45) is 95.0. The van der Waals surface area contributed by atoms with E-state index in [2.05, 4.69) is 55.6 Å². The number of hydrogen-bond donors (Lipinski definition) is 3. The highest BCUT2D eigenvalue weighted by atomic mass is 16.5. The number of nitrogens with one attached hydrogen (secondary N) is 1. The largest absolute Gasteiger partial charge is 0.466 e. The summed E-state index contributed by atoms with van der Waals surface area (Å²) >= 11 is 0. The molecule has 0 rings (SSSR count). The van der Waals surface area contributed by atoms with Crippen LogP contribution in [-0.4, -0.2) is 47.4 Å². The van der Waals surface area contributed by atoms with Crippen molar-refractivity contribution in [3.05, 3.63) is 48.6 Å². The van der Waals surface area contributed by atoms with Crippen LogP contribution in [0.1, 0.15) is 406 Å². The summed E-state index contributed by atoms with van der Waals surface area (Å²) in [6.45, 7) is 4.91. The van der Waals surface area contributed by atoms with Gasteiger partial charge in [-0.3, -0.25) is 9.59 Å². The van der Waals surface area contributed by atoms with Crippen LogP contribution in [0.15, 0.2) is 48.6 Å². The molecule has 0 aromatic rings. The first-order valence-corrected chi connectivity index (χ1v) is 37.4. The maximum atomic E-state index is 12.5. The average Bonchev–Trinajstić information content (AvgIpc) is 3.49. The predicted molar refractivity (Wildman–Crippen MR) is 366 cm³/mol. The van der Waals surface area contributed by atoms with Gasteiger partial charge in [-0.25, -0.2) is 0 Å². The molecular weight excluding hydrogens is 1020 g/mol. The molecule has 488 valence electrons. The molecule has 83 heavy (non-hydrogen) atoms. The molecule has 0 bridgehead atoms. The molecule has 0 aliphatic heterocycles. The van der Waals surface area contributed by atoms with Crippen molar-refractivity contribution in [2.24, 2.45) is 0 Å². The van der Waals surface area contributed by atoms with Crippen molar-refractivity contribution in [3.8, 4) is 0 Å². The Bertz CT molecular complexity index is 1390. The topological polar surface area (TPSA) is 95.9 Å². The summed E-state index contributed by atoms with van der Waals surface area (Å²) < 4.78 is 5.47. The smallest absolute Gasteiger partial charge is 0.305 e. The average molecular weight is 1170 g/mol. The number of ether oxygens (including phenoxy) is 1. The monoisotopic (exact) mass is 1160 g/mol. The molecule has 6 nitrogen and oxygen atoms in total. The van der Waals surface area contributed by atoms with E-state index in [1.807, 2.05) is 6.08 Å². The molecule has 0 spiro atoms. The van der Waals surface area contributed by atoms with Crippen molar-refractivity contribution in [1.82, 2.24) is 5.32 Å². The van der Waals surface area contributed by atoms with E-state index in [0.29, 0.717) is 19.4 Å². The summed E-state index contributed by atoms with van der Waals surface area (Å²) in [5, 5.41) is 23.3. The Hall–Kier alpha value is -2.18. The molecule has 0 saturated carbocycles. The van der Waals surface area contributed by atoms with Crippen LogP contribution in [0.25, 0.3) is 0 Å². The number of rotatable bonds is 70. The Morgan fingerprint density at radius 1 is 0.337 bits per heavy atom. The number of carbonyl (C=O) groups excluding carboxylic acids is 2. The third-order valence-corrected chi connectivity index (χ3v) is 17.3. The van der Waals surface area contributed by atoms with Gasteiger partial charge in [0, 0.05) is 12.8 Å². The van der Waals surface area contributed by atoms with E-state index >= 15 is 0 Å². The number of allylic oxidation sites excluding steroid dienone is 7. The van der Waals surface area contributed by atoms with Crippen LogP contribution >= 0.6 is 0 Å². The molecule has 0 saturated heterocycles. The van der Waals surface area contributed by atoms with E-state index < -0.39 is 12.1 Å². The number of carbonyl (C=O) groups is 2. The highest BCUT2D eigenvalue weighted by molar-refractivity contribution is 5.76. The zero-order valence-corrected chi connectivity index (χ0v) is 55.9. The second-order valence-electron chi connectivity index (χ2n) is 25.6. The van der Waals surface area contributed by atoms with E-state index in [-0.39, 0.29) is 18.5 Å². The zero-order valence-electron chi connectivity index (χ0n) is 55.9. The number of amides is 1. The third-order valence-electron chi connectivity index (χ3n) is 17.3. The van der Waals surface area contributed by atoms with Crippen molar-refractivity contribution in [3.63, 3.8) is 0 Å². The molecule has 0 fully saturated rings. The minimum Gasteiger partial charge on any atom is -0.466 e. The summed E-state index contributed by atoms with van der Waals surface area (Å²) in [7, 11) is 0. The Morgan fingerprint density at radius 3 is 0.952 bits per heavy atom. The van der Waals surface area contributed by atoms with Crippen molar-refractivity contribution in [1.29, 1.82) is 0 Å². The van der Waals surface area contributed by atoms with Crippen LogP contribution in [0, 0.1) is 0 Å². The summed E-state index contributed by atoms with van der Waals surface area (Å²) in [5.41, 5.74) is 0. The minimum absolute atomic E-state index is 0.00297. The summed E-state index contributed by atoms with van der Waals surface area (Å²) in [4.78, 5) is 24.6. The first-order chi connectivity index (χ1) is 41.0. The first kappa shape index (κ1) is 80.8. The number of unbranched alkanes of at least 4 members (excludes halogenated alkanes) is 53. The molecule has 6 heteroatoms. The number of aliphatic hydroxyl groups excluding tert-OH is 2. The zero-order chi connectivity index (χ0) is 59.9. The van der Waals surface area contributed by atoms with E-state index in [1.165, 1.54) is 327 Å². The second-order valence-corrected chi connectivity index (χ2v) is 25.6. The predicted octanol–water partition coefficient (Wildman–Crippen LogP) is 24.4. The lowest BCUT2D eigenvalue weighted by atomic mass is 10.0. The fourth-order valence-electron chi connectivity index (χ4n) is 11.6. The van der Waals surface area contributed by atoms with Gasteiger partial charge in [-0.15, -0.1) is 0 Å². The Kier molecular flexibility index (Phi) is 70.4. The van der Waals surface area contributed by atoms with Gasteiger partial charge in [0.1, 0.15) is 0 Å². The molecule has 0 aliphatic rings. The maximum absolute atomic E-state index is 12.5. The standard InChI is InChI=1S/C77H145NO5/c1-3-5-7-9-11-13-15-17-18-19-20-21-31-34-37-40-43-46-49-53-57-61-65-69-75(80)74(73-79)78-76(81)70-66-62-58-54-50-47-44-41-38-35-32-29-27-25-23-22-24-26-28-30-33-36-39-42-45-48-52-56-60-64-68-72-83-77(82)71-67-63-59-55-51-16-14-12-10-8-6-4-2/h12,14,24,26,30,33,65,69,74-75,79-80H,3-11,13,15-23,25,27-29,31-32,34-64,66-68,70-73H2,1-2H3,(H,78,81)/b14-12-,26-24-,33-30-,69-65+. The number of aliphatic hydroxyl groups is 2. The highest BCUT2D eigenvalue weighted by Gasteiger charge is 2.18. The van der Waals surface area contributed by atoms with Crippen LogP contribution in [0.4, 0.5) is 0 Å². The van der Waals surface area contributed by atoms with Crippen LogP contribution in [0.3, 0.4) is 0 Å². The van der Waals surface area contributed by atoms with Crippen LogP contribution in [0.2, 0.25) is 0 Å². The van der Waals surface area contributed by atoms with Gasteiger partial charge in [-0.1, -0.05) is 351 Å². The van der Waals surface area contributed by atoms with Crippen molar-refractivity contribution in [2.75, 3.05) is 13.2 Å². The molecule has 0 heterocycles. The molecule has 0 aromatic carbocycles. The lowest BCUT2D eigenvalue weighted by Gasteiger charge is -2.20. The number of esters is 1. The SMILES string of the molecule is CCCCC/C=C\CCCCCCCC(=O)OCCCCCCCCCCC/C=C\C/C=C\CCCCCCCCCCCCCCCCCC(=O)NC(CO)C(O)/C=C/CCCCCCCCCCCCCCCCCCCCCCC. The molecule has 2 atom stereocenters. The lowest BCUT2D eigenvalue weighted by Crippen LogP contribution is -2.45. The van der Waals surface area contributed by atoms with Crippen LogP contribution < -0.4 is 5.32 Å². The van der Waals surface area contributed by atoms with Crippen molar-refractivity contribution >= 4 is 11.9 Å². The Morgan fingerprint density at radius 2 is 0.602 bits per heavy atom. The van der Waals surface area contributed by atoms with Crippen molar-refractivity contribution < 1.29 is 24.5 Å². The van der Waals surface area contributed by atoms with Gasteiger partial charge < -0.3 is 20.3 Å².